The average molecular weight is 285 g/mol. The van der Waals surface area contributed by atoms with Crippen LogP contribution in [0, 0.1) is 0 Å². The fourth-order valence-corrected chi connectivity index (χ4v) is 2.71. The Kier molecular flexibility index (Phi) is 6.71. The van der Waals surface area contributed by atoms with Gasteiger partial charge >= 0.3 is 0 Å². The first kappa shape index (κ1) is 16.0. The molecule has 0 spiro atoms. The van der Waals surface area contributed by atoms with Gasteiger partial charge in [-0.1, -0.05) is 69.2 Å². The highest BCUT2D eigenvalue weighted by Gasteiger charge is 2.13. The summed E-state index contributed by atoms with van der Waals surface area (Å²) in [5.74, 6) is 0. The molecule has 2 rings (SSSR count). The molecule has 2 heteroatoms. The van der Waals surface area contributed by atoms with E-state index in [9.17, 15) is 0 Å². The maximum Gasteiger partial charge on any atom is 0.0661 e. The highest BCUT2D eigenvalue weighted by atomic mass is 16.5. The third-order valence-electron chi connectivity index (χ3n) is 3.83. The molecule has 0 heterocycles. The minimum Gasteiger partial charge on any atom is -0.379 e. The van der Waals surface area contributed by atoms with Crippen molar-refractivity contribution in [3.05, 3.63) is 48.0 Å². The Labute approximate surface area is 128 Å². The van der Waals surface area contributed by atoms with Gasteiger partial charge in [0.1, 0.15) is 0 Å². The Hall–Kier alpha value is -1.38. The van der Waals surface area contributed by atoms with E-state index in [1.807, 2.05) is 0 Å². The molecule has 0 radical (unpaired) electrons. The minimum absolute atomic E-state index is 0.266. The van der Waals surface area contributed by atoms with E-state index in [1.165, 1.54) is 29.2 Å². The topological polar surface area (TPSA) is 21.3 Å². The van der Waals surface area contributed by atoms with Crippen LogP contribution < -0.4 is 5.32 Å². The summed E-state index contributed by atoms with van der Waals surface area (Å²) in [6.07, 6.45) is 3.65. The number of ether oxygens (including phenoxy) is 1. The zero-order valence-corrected chi connectivity index (χ0v) is 13.3. The van der Waals surface area contributed by atoms with E-state index >= 15 is 0 Å². The quantitative estimate of drug-likeness (QED) is 0.674. The van der Waals surface area contributed by atoms with Gasteiger partial charge in [0.2, 0.25) is 0 Å². The monoisotopic (exact) mass is 285 g/mol. The number of rotatable bonds is 9. The van der Waals surface area contributed by atoms with Crippen LogP contribution in [0.25, 0.3) is 10.8 Å². The summed E-state index contributed by atoms with van der Waals surface area (Å²) >= 11 is 0. The Morgan fingerprint density at radius 1 is 1.00 bits per heavy atom. The minimum atomic E-state index is 0.266. The van der Waals surface area contributed by atoms with Crippen molar-refractivity contribution in [1.82, 2.24) is 5.32 Å². The summed E-state index contributed by atoms with van der Waals surface area (Å²) in [7, 11) is 0. The average Bonchev–Trinajstić information content (AvgIpc) is 2.53. The van der Waals surface area contributed by atoms with Crippen LogP contribution in [-0.4, -0.2) is 19.8 Å². The van der Waals surface area contributed by atoms with Gasteiger partial charge in [0.05, 0.1) is 12.6 Å². The third kappa shape index (κ3) is 4.55. The van der Waals surface area contributed by atoms with E-state index in [0.717, 1.165) is 26.2 Å². The summed E-state index contributed by atoms with van der Waals surface area (Å²) in [5, 5.41) is 6.17. The number of likely N-dealkylation sites (N-methyl/N-ethyl adjacent to an activating group) is 1. The molecular weight excluding hydrogens is 258 g/mol. The number of nitrogens with one attached hydrogen (secondary N) is 1. The normalized spacial score (nSPS) is 12.7. The lowest BCUT2D eigenvalue weighted by Gasteiger charge is -2.20. The predicted octanol–water partition coefficient (Wildman–Crippen LogP) is 4.70. The maximum atomic E-state index is 5.89. The molecule has 0 amide bonds. The Balaban J connectivity index is 2.08. The molecule has 1 N–H and O–H groups in total. The van der Waals surface area contributed by atoms with Gasteiger partial charge in [0.15, 0.2) is 0 Å². The van der Waals surface area contributed by atoms with Crippen molar-refractivity contribution in [1.29, 1.82) is 0 Å². The zero-order valence-electron chi connectivity index (χ0n) is 13.3. The second-order valence-corrected chi connectivity index (χ2v) is 5.46. The Bertz CT molecular complexity index is 533. The lowest BCUT2D eigenvalue weighted by molar-refractivity contribution is 0.109. The lowest BCUT2D eigenvalue weighted by atomic mass is 9.99. The standard InChI is InChI=1S/C19H27NO/c1-3-5-8-14-21-15-19(20-4-2)18-13-9-11-16-10-6-7-12-17(16)18/h6-7,9-13,19-20H,3-5,8,14-15H2,1-2H3. The first-order valence-electron chi connectivity index (χ1n) is 8.15. The molecule has 114 valence electrons. The van der Waals surface area contributed by atoms with Gasteiger partial charge < -0.3 is 10.1 Å². The lowest BCUT2D eigenvalue weighted by Crippen LogP contribution is -2.25. The molecule has 21 heavy (non-hydrogen) atoms. The number of hydrogen-bond acceptors (Lipinski definition) is 2. The number of unbranched alkanes of at least 4 members (excludes halogenated alkanes) is 2. The number of fused-ring (bicyclic) bond motifs is 1. The van der Waals surface area contributed by atoms with E-state index in [-0.39, 0.29) is 6.04 Å². The molecule has 2 aromatic rings. The van der Waals surface area contributed by atoms with Gasteiger partial charge in [0.25, 0.3) is 0 Å². The van der Waals surface area contributed by atoms with E-state index < -0.39 is 0 Å². The third-order valence-corrected chi connectivity index (χ3v) is 3.83. The van der Waals surface area contributed by atoms with Crippen LogP contribution in [0.5, 0.6) is 0 Å². The van der Waals surface area contributed by atoms with Gasteiger partial charge in [0, 0.05) is 6.61 Å². The van der Waals surface area contributed by atoms with Crippen molar-refractivity contribution in [2.24, 2.45) is 0 Å². The number of hydrogen-bond donors (Lipinski definition) is 1. The first-order valence-corrected chi connectivity index (χ1v) is 8.15. The Morgan fingerprint density at radius 3 is 2.62 bits per heavy atom. The molecule has 0 saturated carbocycles. The van der Waals surface area contributed by atoms with Crippen LogP contribution >= 0.6 is 0 Å². The van der Waals surface area contributed by atoms with Crippen LogP contribution in [-0.2, 0) is 4.74 Å². The predicted molar refractivity (Wildman–Crippen MR) is 90.7 cm³/mol. The van der Waals surface area contributed by atoms with Crippen molar-refractivity contribution in [3.63, 3.8) is 0 Å². The van der Waals surface area contributed by atoms with Crippen LogP contribution in [0.1, 0.15) is 44.7 Å². The highest BCUT2D eigenvalue weighted by molar-refractivity contribution is 5.86. The van der Waals surface area contributed by atoms with Crippen LogP contribution in [0.4, 0.5) is 0 Å². The SMILES string of the molecule is CCCCCOCC(NCC)c1cccc2ccccc12. The van der Waals surface area contributed by atoms with Gasteiger partial charge in [-0.15, -0.1) is 0 Å². The summed E-state index contributed by atoms with van der Waals surface area (Å²) < 4.78 is 5.89. The first-order chi connectivity index (χ1) is 10.4. The molecule has 0 bridgehead atoms. The van der Waals surface area contributed by atoms with Crippen molar-refractivity contribution in [2.75, 3.05) is 19.8 Å². The van der Waals surface area contributed by atoms with E-state index in [0.29, 0.717) is 0 Å². The molecule has 1 unspecified atom stereocenters. The molecular formula is C19H27NO. The van der Waals surface area contributed by atoms with Crippen molar-refractivity contribution in [2.45, 2.75) is 39.2 Å². The highest BCUT2D eigenvalue weighted by Crippen LogP contribution is 2.24. The van der Waals surface area contributed by atoms with Crippen molar-refractivity contribution >= 4 is 10.8 Å². The molecule has 0 fully saturated rings. The molecule has 2 aromatic carbocycles. The fourth-order valence-electron chi connectivity index (χ4n) is 2.71. The van der Waals surface area contributed by atoms with Gasteiger partial charge in [-0.2, -0.15) is 0 Å². The molecule has 1 atom stereocenters. The van der Waals surface area contributed by atoms with Gasteiger partial charge in [-0.25, -0.2) is 0 Å². The second kappa shape index (κ2) is 8.81. The van der Waals surface area contributed by atoms with E-state index in [4.69, 9.17) is 4.74 Å². The maximum absolute atomic E-state index is 5.89. The molecule has 0 saturated heterocycles. The molecule has 0 aliphatic carbocycles. The molecule has 0 aliphatic rings. The van der Waals surface area contributed by atoms with Crippen LogP contribution in [0.15, 0.2) is 42.5 Å². The summed E-state index contributed by atoms with van der Waals surface area (Å²) in [6.45, 7) is 6.92. The largest absolute Gasteiger partial charge is 0.379 e. The Morgan fingerprint density at radius 2 is 1.81 bits per heavy atom. The van der Waals surface area contributed by atoms with Crippen LogP contribution in [0.3, 0.4) is 0 Å². The molecule has 2 nitrogen and oxygen atoms in total. The van der Waals surface area contributed by atoms with Gasteiger partial charge in [-0.3, -0.25) is 0 Å². The van der Waals surface area contributed by atoms with Crippen molar-refractivity contribution < 1.29 is 4.74 Å². The second-order valence-electron chi connectivity index (χ2n) is 5.46. The van der Waals surface area contributed by atoms with Gasteiger partial charge in [-0.05, 0) is 29.3 Å². The fraction of sp³-hybridized carbons (Fsp3) is 0.474. The van der Waals surface area contributed by atoms with Crippen molar-refractivity contribution in [3.8, 4) is 0 Å². The zero-order chi connectivity index (χ0) is 14.9. The smallest absolute Gasteiger partial charge is 0.0661 e. The number of benzene rings is 2. The molecule has 0 aromatic heterocycles. The summed E-state index contributed by atoms with van der Waals surface area (Å²) in [6, 6.07) is 15.4. The molecule has 0 aliphatic heterocycles. The van der Waals surface area contributed by atoms with E-state index in [2.05, 4.69) is 61.6 Å². The van der Waals surface area contributed by atoms with E-state index in [1.54, 1.807) is 0 Å². The van der Waals surface area contributed by atoms with Crippen LogP contribution in [0.2, 0.25) is 0 Å². The summed E-state index contributed by atoms with van der Waals surface area (Å²) in [5.41, 5.74) is 1.34. The summed E-state index contributed by atoms with van der Waals surface area (Å²) in [4.78, 5) is 0.